The molecule has 0 aliphatic carbocycles. The fourth-order valence-corrected chi connectivity index (χ4v) is 5.22. The number of fused-ring (bicyclic) bond motifs is 5. The minimum Gasteiger partial charge on any atom is -0.483 e. The van der Waals surface area contributed by atoms with Crippen LogP contribution in [0.2, 0.25) is 0 Å². The molecule has 2 aliphatic heterocycles. The first-order valence-electron chi connectivity index (χ1n) is 12.5. The lowest BCUT2D eigenvalue weighted by molar-refractivity contribution is 0.101. The quantitative estimate of drug-likeness (QED) is 0.511. The lowest BCUT2D eigenvalue weighted by Crippen LogP contribution is -2.48. The van der Waals surface area contributed by atoms with E-state index in [4.69, 9.17) is 4.74 Å². The lowest BCUT2D eigenvalue weighted by atomic mass is 9.86. The van der Waals surface area contributed by atoms with Crippen molar-refractivity contribution in [3.8, 4) is 5.75 Å². The molecule has 0 radical (unpaired) electrons. The molecule has 4 nitrogen and oxygen atoms in total. The van der Waals surface area contributed by atoms with Crippen LogP contribution in [-0.4, -0.2) is 52.6 Å². The first kappa shape index (κ1) is 22.5. The molecular formula is C29H39N3O. The summed E-state index contributed by atoms with van der Waals surface area (Å²) in [7, 11) is 0. The molecule has 0 unspecified atom stereocenters. The highest BCUT2D eigenvalue weighted by Crippen LogP contribution is 2.42. The topological polar surface area (TPSA) is 31.5 Å². The highest BCUT2D eigenvalue weighted by atomic mass is 16.5. The van der Waals surface area contributed by atoms with Crippen LogP contribution in [0, 0.1) is 0 Å². The first-order chi connectivity index (χ1) is 15.5. The fraction of sp³-hybridized carbons (Fsp3) is 0.517. The molecule has 33 heavy (non-hydrogen) atoms. The average Bonchev–Trinajstić information content (AvgIpc) is 3.11. The number of nitrogens with one attached hydrogen (secondary N) is 1. The number of ether oxygens (including phenoxy) is 1. The predicted octanol–water partition coefficient (Wildman–Crippen LogP) is 6.33. The molecule has 1 aromatic heterocycles. The number of aromatic amines is 1. The number of rotatable bonds is 3. The summed E-state index contributed by atoms with van der Waals surface area (Å²) in [5.74, 6) is 1.05. The van der Waals surface area contributed by atoms with E-state index < -0.39 is 0 Å². The van der Waals surface area contributed by atoms with Crippen LogP contribution in [0.25, 0.3) is 27.9 Å². The third-order valence-electron chi connectivity index (χ3n) is 7.38. The molecule has 0 atom stereocenters. The van der Waals surface area contributed by atoms with E-state index in [1.807, 2.05) is 0 Å². The van der Waals surface area contributed by atoms with Crippen molar-refractivity contribution in [1.82, 2.24) is 14.8 Å². The molecule has 5 rings (SSSR count). The second kappa shape index (κ2) is 7.89. The van der Waals surface area contributed by atoms with Crippen LogP contribution >= 0.6 is 0 Å². The molecule has 1 saturated heterocycles. The van der Waals surface area contributed by atoms with Crippen molar-refractivity contribution < 1.29 is 4.74 Å². The highest BCUT2D eigenvalue weighted by Gasteiger charge is 2.28. The zero-order valence-electron chi connectivity index (χ0n) is 21.4. The molecule has 1 fully saturated rings. The van der Waals surface area contributed by atoms with Crippen molar-refractivity contribution in [3.63, 3.8) is 0 Å². The summed E-state index contributed by atoms with van der Waals surface area (Å²) >= 11 is 0. The number of hydrogen-bond donors (Lipinski definition) is 1. The Hall–Kier alpha value is -2.30. The summed E-state index contributed by atoms with van der Waals surface area (Å²) in [5.41, 5.74) is 6.07. The SMILES string of the molecule is CC(C)N1CCN(Cc2cc3c([nH]c4ccc(C(C)(C)C)cc43)c3c2OC(C)(C)C=C3)CC1. The van der Waals surface area contributed by atoms with E-state index in [1.165, 1.54) is 38.5 Å². The average molecular weight is 446 g/mol. The van der Waals surface area contributed by atoms with Crippen LogP contribution < -0.4 is 4.74 Å². The second-order valence-corrected chi connectivity index (χ2v) is 11.8. The lowest BCUT2D eigenvalue weighted by Gasteiger charge is -2.37. The maximum Gasteiger partial charge on any atom is 0.134 e. The minimum atomic E-state index is -0.294. The molecule has 176 valence electrons. The van der Waals surface area contributed by atoms with Crippen LogP contribution in [0.15, 0.2) is 30.3 Å². The minimum absolute atomic E-state index is 0.123. The van der Waals surface area contributed by atoms with E-state index in [0.29, 0.717) is 6.04 Å². The normalized spacial score (nSPS) is 19.4. The van der Waals surface area contributed by atoms with Crippen LogP contribution in [0.4, 0.5) is 0 Å². The molecule has 0 spiro atoms. The maximum absolute atomic E-state index is 6.59. The Morgan fingerprint density at radius 1 is 1.03 bits per heavy atom. The van der Waals surface area contributed by atoms with Gasteiger partial charge in [0.25, 0.3) is 0 Å². The molecule has 0 saturated carbocycles. The second-order valence-electron chi connectivity index (χ2n) is 11.8. The van der Waals surface area contributed by atoms with Crippen molar-refractivity contribution in [2.45, 2.75) is 72.1 Å². The van der Waals surface area contributed by atoms with Gasteiger partial charge in [0.1, 0.15) is 11.4 Å². The van der Waals surface area contributed by atoms with Gasteiger partial charge >= 0.3 is 0 Å². The van der Waals surface area contributed by atoms with Crippen LogP contribution in [0.3, 0.4) is 0 Å². The number of H-pyrrole nitrogens is 1. The zero-order chi connectivity index (χ0) is 23.5. The third kappa shape index (κ3) is 4.20. The van der Waals surface area contributed by atoms with E-state index in [0.717, 1.165) is 38.5 Å². The summed E-state index contributed by atoms with van der Waals surface area (Å²) in [6.45, 7) is 21.1. The van der Waals surface area contributed by atoms with Gasteiger partial charge in [-0.25, -0.2) is 0 Å². The van der Waals surface area contributed by atoms with E-state index >= 15 is 0 Å². The first-order valence-corrected chi connectivity index (χ1v) is 12.5. The number of benzene rings is 2. The third-order valence-corrected chi connectivity index (χ3v) is 7.38. The molecule has 1 N–H and O–H groups in total. The summed E-state index contributed by atoms with van der Waals surface area (Å²) in [5, 5.41) is 2.61. The maximum atomic E-state index is 6.59. The Bertz CT molecular complexity index is 1220. The predicted molar refractivity (Wildman–Crippen MR) is 140 cm³/mol. The molecule has 3 aromatic rings. The van der Waals surface area contributed by atoms with Crippen molar-refractivity contribution >= 4 is 27.9 Å². The number of piperazine rings is 1. The van der Waals surface area contributed by atoms with Crippen molar-refractivity contribution in [3.05, 3.63) is 47.0 Å². The Kier molecular flexibility index (Phi) is 5.37. The molecular weight excluding hydrogens is 406 g/mol. The van der Waals surface area contributed by atoms with E-state index in [2.05, 4.69) is 99.7 Å². The largest absolute Gasteiger partial charge is 0.483 e. The van der Waals surface area contributed by atoms with Gasteiger partial charge in [0.05, 0.1) is 5.52 Å². The van der Waals surface area contributed by atoms with Gasteiger partial charge in [0.2, 0.25) is 0 Å². The summed E-state index contributed by atoms with van der Waals surface area (Å²) in [6.07, 6.45) is 4.45. The van der Waals surface area contributed by atoms with Gasteiger partial charge in [-0.3, -0.25) is 9.80 Å². The Morgan fingerprint density at radius 3 is 2.42 bits per heavy atom. The van der Waals surface area contributed by atoms with Gasteiger partial charge in [-0.15, -0.1) is 0 Å². The van der Waals surface area contributed by atoms with Gasteiger partial charge < -0.3 is 9.72 Å². The molecule has 2 aliphatic rings. The van der Waals surface area contributed by atoms with Gasteiger partial charge in [-0.05, 0) is 69.0 Å². The van der Waals surface area contributed by atoms with Crippen molar-refractivity contribution in [2.24, 2.45) is 0 Å². The van der Waals surface area contributed by atoms with Crippen LogP contribution in [0.5, 0.6) is 5.75 Å². The Morgan fingerprint density at radius 2 is 1.76 bits per heavy atom. The Balaban J connectivity index is 1.61. The monoisotopic (exact) mass is 445 g/mol. The molecule has 0 bridgehead atoms. The number of hydrogen-bond acceptors (Lipinski definition) is 3. The highest BCUT2D eigenvalue weighted by molar-refractivity contribution is 6.11. The van der Waals surface area contributed by atoms with Gasteiger partial charge in [-0.1, -0.05) is 26.8 Å². The standard InChI is InChI=1S/C29H39N3O/c1-19(2)32-14-12-31(13-15-32)18-20-16-24-23-17-21(28(3,4)5)8-9-25(23)30-26(24)22-10-11-29(6,7)33-27(20)22/h8-11,16-17,19,30H,12-15,18H2,1-7H3. The van der Waals surface area contributed by atoms with Crippen molar-refractivity contribution in [1.29, 1.82) is 0 Å². The summed E-state index contributed by atoms with van der Waals surface area (Å²) < 4.78 is 6.59. The zero-order valence-corrected chi connectivity index (χ0v) is 21.4. The van der Waals surface area contributed by atoms with Gasteiger partial charge in [-0.2, -0.15) is 0 Å². The van der Waals surface area contributed by atoms with Gasteiger partial charge in [0.15, 0.2) is 0 Å². The number of nitrogens with zero attached hydrogens (tertiary/aromatic N) is 2. The van der Waals surface area contributed by atoms with E-state index in [9.17, 15) is 0 Å². The smallest absolute Gasteiger partial charge is 0.134 e. The van der Waals surface area contributed by atoms with E-state index in [1.54, 1.807) is 0 Å². The van der Waals surface area contributed by atoms with Gasteiger partial charge in [0, 0.05) is 66.2 Å². The fourth-order valence-electron chi connectivity index (χ4n) is 5.22. The summed E-state index contributed by atoms with van der Waals surface area (Å²) in [4.78, 5) is 8.87. The molecule has 4 heteroatoms. The summed E-state index contributed by atoms with van der Waals surface area (Å²) in [6, 6.07) is 9.89. The van der Waals surface area contributed by atoms with Crippen LogP contribution in [-0.2, 0) is 12.0 Å². The molecule has 0 amide bonds. The Labute approximate surface area is 198 Å². The van der Waals surface area contributed by atoms with Crippen LogP contribution in [0.1, 0.15) is 65.2 Å². The number of aromatic nitrogens is 1. The molecule has 2 aromatic carbocycles. The van der Waals surface area contributed by atoms with Crippen molar-refractivity contribution in [2.75, 3.05) is 26.2 Å². The van der Waals surface area contributed by atoms with E-state index in [-0.39, 0.29) is 11.0 Å². The molecule has 3 heterocycles.